The van der Waals surface area contributed by atoms with Gasteiger partial charge in [0.05, 0.1) is 0 Å². The van der Waals surface area contributed by atoms with Gasteiger partial charge in [0, 0.05) is 6.54 Å². The fourth-order valence-corrected chi connectivity index (χ4v) is 1.97. The molecular formula is C13H12ClFN2O2. The van der Waals surface area contributed by atoms with Crippen molar-refractivity contribution in [3.05, 3.63) is 67.7 Å². The second-order valence-corrected chi connectivity index (χ2v) is 4.48. The van der Waals surface area contributed by atoms with Gasteiger partial charge in [-0.15, -0.1) is 0 Å². The molecule has 100 valence electrons. The number of aromatic amines is 1. The highest BCUT2D eigenvalue weighted by Gasteiger charge is 2.11. The third-order valence-corrected chi connectivity index (χ3v) is 3.04. The molecule has 0 fully saturated rings. The van der Waals surface area contributed by atoms with Crippen LogP contribution in [-0.2, 0) is 13.0 Å². The van der Waals surface area contributed by atoms with Crippen molar-refractivity contribution in [3.63, 3.8) is 0 Å². The molecule has 0 aliphatic heterocycles. The van der Waals surface area contributed by atoms with Gasteiger partial charge >= 0.3 is 5.69 Å². The number of rotatable bonds is 4. The first kappa shape index (κ1) is 13.5. The molecule has 2 aromatic rings. The Bertz CT molecular complexity index is 679. The lowest BCUT2D eigenvalue weighted by Gasteiger charge is -2.05. The van der Waals surface area contributed by atoms with E-state index >= 15 is 0 Å². The molecule has 0 unspecified atom stereocenters. The zero-order chi connectivity index (χ0) is 13.8. The first-order valence-electron chi connectivity index (χ1n) is 5.81. The van der Waals surface area contributed by atoms with Crippen LogP contribution in [0.3, 0.4) is 0 Å². The number of aromatic nitrogens is 2. The Balaban J connectivity index is 2.11. The van der Waals surface area contributed by atoms with Crippen LogP contribution in [-0.4, -0.2) is 9.55 Å². The summed E-state index contributed by atoms with van der Waals surface area (Å²) in [7, 11) is 0. The molecule has 19 heavy (non-hydrogen) atoms. The highest BCUT2D eigenvalue weighted by molar-refractivity contribution is 6.29. The second kappa shape index (κ2) is 5.84. The van der Waals surface area contributed by atoms with Crippen molar-refractivity contribution in [2.45, 2.75) is 19.4 Å². The zero-order valence-corrected chi connectivity index (χ0v) is 10.8. The molecule has 0 amide bonds. The van der Waals surface area contributed by atoms with Crippen molar-refractivity contribution in [2.24, 2.45) is 0 Å². The Morgan fingerprint density at radius 2 is 1.89 bits per heavy atom. The van der Waals surface area contributed by atoms with Crippen LogP contribution in [0.1, 0.15) is 12.0 Å². The van der Waals surface area contributed by atoms with Gasteiger partial charge in [-0.05, 0) is 18.4 Å². The molecule has 1 aromatic heterocycles. The Morgan fingerprint density at radius 1 is 1.21 bits per heavy atom. The van der Waals surface area contributed by atoms with Crippen molar-refractivity contribution in [1.82, 2.24) is 9.55 Å². The van der Waals surface area contributed by atoms with Crippen molar-refractivity contribution in [2.75, 3.05) is 0 Å². The number of hydrogen-bond donors (Lipinski definition) is 1. The molecule has 0 spiro atoms. The molecule has 0 atom stereocenters. The van der Waals surface area contributed by atoms with Crippen molar-refractivity contribution in [1.29, 1.82) is 0 Å². The van der Waals surface area contributed by atoms with Gasteiger partial charge in [0.15, 0.2) is 5.15 Å². The van der Waals surface area contributed by atoms with Crippen molar-refractivity contribution < 1.29 is 4.39 Å². The van der Waals surface area contributed by atoms with Crippen LogP contribution in [0.15, 0.2) is 39.9 Å². The zero-order valence-electron chi connectivity index (χ0n) is 10.0. The van der Waals surface area contributed by atoms with Crippen molar-refractivity contribution in [3.8, 4) is 0 Å². The molecule has 0 saturated heterocycles. The van der Waals surface area contributed by atoms with Gasteiger partial charge in [0.2, 0.25) is 5.82 Å². The molecule has 0 aliphatic rings. The van der Waals surface area contributed by atoms with Gasteiger partial charge in [-0.3, -0.25) is 14.3 Å². The van der Waals surface area contributed by atoms with E-state index in [0.717, 1.165) is 10.1 Å². The molecule has 4 nitrogen and oxygen atoms in total. The summed E-state index contributed by atoms with van der Waals surface area (Å²) in [5.41, 5.74) is -0.576. The topological polar surface area (TPSA) is 54.9 Å². The molecule has 1 N–H and O–H groups in total. The van der Waals surface area contributed by atoms with Gasteiger partial charge in [-0.2, -0.15) is 4.39 Å². The van der Waals surface area contributed by atoms with E-state index in [2.05, 4.69) is 4.98 Å². The summed E-state index contributed by atoms with van der Waals surface area (Å²) in [5.74, 6) is -1.12. The van der Waals surface area contributed by atoms with Crippen LogP contribution >= 0.6 is 11.6 Å². The van der Waals surface area contributed by atoms with Crippen molar-refractivity contribution >= 4 is 11.6 Å². The SMILES string of the molecule is O=c1[nH]c(Cl)c(F)c(=O)n1CCCc1ccccc1. The van der Waals surface area contributed by atoms with E-state index in [9.17, 15) is 14.0 Å². The first-order chi connectivity index (χ1) is 9.09. The van der Waals surface area contributed by atoms with Gasteiger partial charge in [-0.1, -0.05) is 41.9 Å². The summed E-state index contributed by atoms with van der Waals surface area (Å²) in [4.78, 5) is 25.1. The minimum absolute atomic E-state index is 0.150. The van der Waals surface area contributed by atoms with Gasteiger partial charge in [0.1, 0.15) is 0 Å². The van der Waals surface area contributed by atoms with E-state index < -0.39 is 22.2 Å². The number of benzene rings is 1. The van der Waals surface area contributed by atoms with Gasteiger partial charge in [-0.25, -0.2) is 4.79 Å². The van der Waals surface area contributed by atoms with Crippen LogP contribution < -0.4 is 11.2 Å². The maximum atomic E-state index is 13.3. The summed E-state index contributed by atoms with van der Waals surface area (Å²) in [5, 5.41) is -0.547. The van der Waals surface area contributed by atoms with E-state index in [0.29, 0.717) is 12.8 Å². The smallest absolute Gasteiger partial charge is 0.295 e. The quantitative estimate of drug-likeness (QED) is 0.872. The number of nitrogens with one attached hydrogen (secondary N) is 1. The van der Waals surface area contributed by atoms with E-state index in [1.807, 2.05) is 30.3 Å². The molecular weight excluding hydrogens is 271 g/mol. The maximum Gasteiger partial charge on any atom is 0.329 e. The van der Waals surface area contributed by atoms with E-state index in [1.54, 1.807) is 0 Å². The summed E-state index contributed by atoms with van der Waals surface area (Å²) in [6, 6.07) is 9.64. The molecule has 1 aromatic carbocycles. The minimum atomic E-state index is -1.12. The normalized spacial score (nSPS) is 10.6. The van der Waals surface area contributed by atoms with Crippen LogP contribution in [0.2, 0.25) is 5.15 Å². The van der Waals surface area contributed by atoms with Gasteiger partial charge < -0.3 is 0 Å². The van der Waals surface area contributed by atoms with E-state index in [-0.39, 0.29) is 6.54 Å². The number of aryl methyl sites for hydroxylation is 1. The third-order valence-electron chi connectivity index (χ3n) is 2.78. The average molecular weight is 283 g/mol. The molecule has 2 rings (SSSR count). The fraction of sp³-hybridized carbons (Fsp3) is 0.231. The standard InChI is InChI=1S/C13H12ClFN2O2/c14-11-10(15)12(18)17(13(19)16-11)8-4-7-9-5-2-1-3-6-9/h1-3,5-6H,4,7-8H2,(H,16,19). The Labute approximate surface area is 113 Å². The number of nitrogens with zero attached hydrogens (tertiary/aromatic N) is 1. The number of halogens is 2. The predicted octanol–water partition coefficient (Wildman–Crippen LogP) is 1.96. The van der Waals surface area contributed by atoms with Crippen LogP contribution in [0.25, 0.3) is 0 Å². The van der Waals surface area contributed by atoms with Crippen LogP contribution in [0.5, 0.6) is 0 Å². The largest absolute Gasteiger partial charge is 0.329 e. The minimum Gasteiger partial charge on any atom is -0.295 e. The second-order valence-electron chi connectivity index (χ2n) is 4.10. The number of H-pyrrole nitrogens is 1. The summed E-state index contributed by atoms with van der Waals surface area (Å²) >= 11 is 5.38. The maximum absolute atomic E-state index is 13.3. The molecule has 0 saturated carbocycles. The van der Waals surface area contributed by atoms with E-state index in [1.165, 1.54) is 0 Å². The van der Waals surface area contributed by atoms with Gasteiger partial charge in [0.25, 0.3) is 5.56 Å². The Morgan fingerprint density at radius 3 is 2.58 bits per heavy atom. The Kier molecular flexibility index (Phi) is 4.16. The first-order valence-corrected chi connectivity index (χ1v) is 6.19. The third kappa shape index (κ3) is 3.12. The average Bonchev–Trinajstić information content (AvgIpc) is 2.41. The highest BCUT2D eigenvalue weighted by Crippen LogP contribution is 2.04. The lowest BCUT2D eigenvalue weighted by atomic mass is 10.1. The van der Waals surface area contributed by atoms with Crippen LogP contribution in [0, 0.1) is 5.82 Å². The highest BCUT2D eigenvalue weighted by atomic mass is 35.5. The monoisotopic (exact) mass is 282 g/mol. The molecule has 0 bridgehead atoms. The molecule has 1 heterocycles. The summed E-state index contributed by atoms with van der Waals surface area (Å²) in [6.45, 7) is 0.150. The van der Waals surface area contributed by atoms with E-state index in [4.69, 9.17) is 11.6 Å². The molecule has 0 aliphatic carbocycles. The van der Waals surface area contributed by atoms with Crippen LogP contribution in [0.4, 0.5) is 4.39 Å². The molecule has 0 radical (unpaired) electrons. The molecule has 6 heteroatoms. The lowest BCUT2D eigenvalue weighted by molar-refractivity contribution is 0.526. The summed E-state index contributed by atoms with van der Waals surface area (Å²) in [6.07, 6.45) is 1.27. The number of hydrogen-bond acceptors (Lipinski definition) is 2. The lowest BCUT2D eigenvalue weighted by Crippen LogP contribution is -2.37. The summed E-state index contributed by atoms with van der Waals surface area (Å²) < 4.78 is 14.1. The predicted molar refractivity (Wildman–Crippen MR) is 71.1 cm³/mol. The fourth-order valence-electron chi connectivity index (χ4n) is 1.81. The Hall–Kier alpha value is -1.88.